The van der Waals surface area contributed by atoms with Gasteiger partial charge in [-0.25, -0.2) is 8.42 Å². The van der Waals surface area contributed by atoms with E-state index >= 15 is 0 Å². The molecular formula is C9H13F3O4S2. The van der Waals surface area contributed by atoms with Crippen molar-refractivity contribution in [1.29, 1.82) is 0 Å². The highest BCUT2D eigenvalue weighted by molar-refractivity contribution is 8.01. The summed E-state index contributed by atoms with van der Waals surface area (Å²) in [7, 11) is -3.63. The van der Waals surface area contributed by atoms with Gasteiger partial charge in [0.25, 0.3) is 0 Å². The van der Waals surface area contributed by atoms with E-state index < -0.39 is 38.2 Å². The number of aliphatic carboxylic acids is 1. The van der Waals surface area contributed by atoms with E-state index in [1.165, 1.54) is 0 Å². The molecule has 1 rings (SSSR count). The fourth-order valence-electron chi connectivity index (χ4n) is 1.69. The topological polar surface area (TPSA) is 71.4 Å². The predicted octanol–water partition coefficient (Wildman–Crippen LogP) is 1.91. The largest absolute Gasteiger partial charge is 0.481 e. The molecule has 1 N–H and O–H groups in total. The molecule has 0 atom stereocenters. The normalized spacial score (nSPS) is 18.6. The van der Waals surface area contributed by atoms with E-state index in [9.17, 15) is 26.4 Å². The van der Waals surface area contributed by atoms with Crippen molar-refractivity contribution < 1.29 is 31.5 Å². The van der Waals surface area contributed by atoms with Crippen LogP contribution in [0.15, 0.2) is 0 Å². The van der Waals surface area contributed by atoms with Crippen molar-refractivity contribution in [1.82, 2.24) is 0 Å². The van der Waals surface area contributed by atoms with Crippen molar-refractivity contribution in [3.63, 3.8) is 0 Å². The number of sulfone groups is 1. The summed E-state index contributed by atoms with van der Waals surface area (Å²) in [6.07, 6.45) is 0.772. The van der Waals surface area contributed by atoms with Crippen molar-refractivity contribution in [3.8, 4) is 0 Å². The lowest BCUT2D eigenvalue weighted by atomic mass is 10.1. The zero-order valence-corrected chi connectivity index (χ0v) is 11.0. The van der Waals surface area contributed by atoms with Crippen molar-refractivity contribution in [3.05, 3.63) is 0 Å². The van der Waals surface area contributed by atoms with Crippen LogP contribution in [0.4, 0.5) is 13.2 Å². The summed E-state index contributed by atoms with van der Waals surface area (Å²) in [5.74, 6) is -2.52. The van der Waals surface area contributed by atoms with Gasteiger partial charge in [-0.15, -0.1) is 0 Å². The number of carboxylic acids is 1. The second kappa shape index (κ2) is 5.28. The Labute approximate surface area is 107 Å². The molecule has 1 aliphatic rings. The number of hydrogen-bond acceptors (Lipinski definition) is 4. The molecule has 0 saturated heterocycles. The Morgan fingerprint density at radius 1 is 1.33 bits per heavy atom. The minimum atomic E-state index is -4.44. The van der Waals surface area contributed by atoms with E-state index in [4.69, 9.17) is 5.11 Å². The molecule has 0 aliphatic heterocycles. The van der Waals surface area contributed by atoms with Crippen molar-refractivity contribution in [2.45, 2.75) is 24.8 Å². The average molecular weight is 306 g/mol. The minimum absolute atomic E-state index is 0.237. The molecule has 0 aromatic rings. The summed E-state index contributed by atoms with van der Waals surface area (Å²) in [6.45, 7) is 0. The highest BCUT2D eigenvalue weighted by atomic mass is 32.2. The molecule has 9 heteroatoms. The van der Waals surface area contributed by atoms with Crippen LogP contribution in [0.5, 0.6) is 0 Å². The molecule has 18 heavy (non-hydrogen) atoms. The van der Waals surface area contributed by atoms with Crippen LogP contribution in [0.3, 0.4) is 0 Å². The maximum atomic E-state index is 11.8. The molecule has 1 aliphatic carbocycles. The molecule has 0 radical (unpaired) electrons. The molecule has 1 saturated carbocycles. The Hall–Kier alpha value is -0.440. The van der Waals surface area contributed by atoms with E-state index in [2.05, 4.69) is 0 Å². The van der Waals surface area contributed by atoms with Gasteiger partial charge in [-0.1, -0.05) is 0 Å². The second-order valence-corrected chi connectivity index (χ2v) is 7.80. The summed E-state index contributed by atoms with van der Waals surface area (Å²) in [6, 6.07) is 0. The number of alkyl halides is 3. The zero-order chi connectivity index (χ0) is 14.0. The summed E-state index contributed by atoms with van der Waals surface area (Å²) < 4.78 is 58.7. The summed E-state index contributed by atoms with van der Waals surface area (Å²) in [5, 5.41) is 8.62. The van der Waals surface area contributed by atoms with Crippen LogP contribution in [-0.2, 0) is 14.6 Å². The number of hydrogen-bond donors (Lipinski definition) is 1. The van der Waals surface area contributed by atoms with Gasteiger partial charge in [-0.05, 0) is 30.0 Å². The molecule has 1 fully saturated rings. The van der Waals surface area contributed by atoms with Crippen LogP contribution in [-0.4, -0.2) is 42.3 Å². The average Bonchev–Trinajstić information content (AvgIpc) is 2.78. The van der Waals surface area contributed by atoms with Gasteiger partial charge in [0, 0.05) is 5.75 Å². The quantitative estimate of drug-likeness (QED) is 0.778. The number of rotatable bonds is 7. The first kappa shape index (κ1) is 15.6. The van der Waals surface area contributed by atoms with E-state index in [-0.39, 0.29) is 23.9 Å². The number of carboxylic acid groups (broad SMARTS) is 1. The third kappa shape index (κ3) is 5.94. The highest BCUT2D eigenvalue weighted by Crippen LogP contribution is 2.50. The number of carbonyl (C=O) groups is 1. The second-order valence-electron chi connectivity index (χ2n) is 4.46. The predicted molar refractivity (Wildman–Crippen MR) is 61.1 cm³/mol. The molecule has 0 aromatic heterocycles. The highest BCUT2D eigenvalue weighted by Gasteiger charge is 2.47. The summed E-state index contributed by atoms with van der Waals surface area (Å²) in [4.78, 5) is 10.5. The molecule has 0 amide bonds. The van der Waals surface area contributed by atoms with Crippen molar-refractivity contribution >= 4 is 27.6 Å². The molecule has 0 heterocycles. The van der Waals surface area contributed by atoms with Gasteiger partial charge in [0.2, 0.25) is 0 Å². The van der Waals surface area contributed by atoms with Gasteiger partial charge in [0.15, 0.2) is 9.84 Å². The van der Waals surface area contributed by atoms with Crippen LogP contribution in [0, 0.1) is 5.41 Å². The lowest BCUT2D eigenvalue weighted by Gasteiger charge is -2.13. The molecule has 0 spiro atoms. The fourth-order valence-corrected chi connectivity index (χ4v) is 4.74. The van der Waals surface area contributed by atoms with Crippen LogP contribution < -0.4 is 0 Å². The molecule has 106 valence electrons. The molecule has 0 bridgehead atoms. The van der Waals surface area contributed by atoms with Gasteiger partial charge >= 0.3 is 11.5 Å². The van der Waals surface area contributed by atoms with Gasteiger partial charge in [-0.3, -0.25) is 4.79 Å². The van der Waals surface area contributed by atoms with E-state index in [0.29, 0.717) is 12.8 Å². The number of thioether (sulfide) groups is 1. The van der Waals surface area contributed by atoms with Gasteiger partial charge < -0.3 is 5.11 Å². The first-order chi connectivity index (χ1) is 8.04. The fraction of sp³-hybridized carbons (Fsp3) is 0.889. The van der Waals surface area contributed by atoms with E-state index in [1.54, 1.807) is 0 Å². The Kier molecular flexibility index (Phi) is 4.58. The molecular weight excluding hydrogens is 293 g/mol. The summed E-state index contributed by atoms with van der Waals surface area (Å²) in [5.41, 5.74) is -5.18. The number of halogens is 3. The lowest BCUT2D eigenvalue weighted by molar-refractivity contribution is -0.138. The molecule has 0 unspecified atom stereocenters. The Bertz CT molecular complexity index is 412. The minimum Gasteiger partial charge on any atom is -0.481 e. The van der Waals surface area contributed by atoms with Gasteiger partial charge in [0.05, 0.1) is 17.9 Å². The summed E-state index contributed by atoms with van der Waals surface area (Å²) >= 11 is -0.375. The van der Waals surface area contributed by atoms with E-state index in [1.807, 2.05) is 0 Å². The van der Waals surface area contributed by atoms with E-state index in [0.717, 1.165) is 0 Å². The van der Waals surface area contributed by atoms with Crippen LogP contribution in [0.2, 0.25) is 0 Å². The van der Waals surface area contributed by atoms with Crippen molar-refractivity contribution in [2.24, 2.45) is 5.41 Å². The van der Waals surface area contributed by atoms with Crippen LogP contribution in [0.1, 0.15) is 19.3 Å². The van der Waals surface area contributed by atoms with Crippen molar-refractivity contribution in [2.75, 3.05) is 17.3 Å². The van der Waals surface area contributed by atoms with Gasteiger partial charge in [-0.2, -0.15) is 13.2 Å². The van der Waals surface area contributed by atoms with Crippen LogP contribution >= 0.6 is 11.8 Å². The Morgan fingerprint density at radius 3 is 2.28 bits per heavy atom. The standard InChI is InChI=1S/C9H13F3O4S2/c10-9(11,12)17-3-4-18(15,16)6-8(1-2-8)5-7(13)14/h1-6H2,(H,13,14). The lowest BCUT2D eigenvalue weighted by Crippen LogP contribution is -2.23. The molecule has 4 nitrogen and oxygen atoms in total. The molecule has 0 aromatic carbocycles. The monoisotopic (exact) mass is 306 g/mol. The zero-order valence-electron chi connectivity index (χ0n) is 9.36. The van der Waals surface area contributed by atoms with Crippen LogP contribution in [0.25, 0.3) is 0 Å². The Morgan fingerprint density at radius 2 is 1.89 bits per heavy atom. The van der Waals surface area contributed by atoms with Gasteiger partial charge in [0.1, 0.15) is 0 Å². The Balaban J connectivity index is 2.43. The first-order valence-corrected chi connectivity index (χ1v) is 7.97. The smallest absolute Gasteiger partial charge is 0.441 e. The maximum absolute atomic E-state index is 11.8. The maximum Gasteiger partial charge on any atom is 0.441 e. The third-order valence-electron chi connectivity index (χ3n) is 2.67. The SMILES string of the molecule is O=C(O)CC1(CS(=O)(=O)CCSC(F)(F)F)CC1. The third-order valence-corrected chi connectivity index (χ3v) is 5.54. The first-order valence-electron chi connectivity index (χ1n) is 5.17.